The van der Waals surface area contributed by atoms with Crippen molar-refractivity contribution in [2.24, 2.45) is 11.7 Å². The average Bonchev–Trinajstić information content (AvgIpc) is 2.45. The predicted molar refractivity (Wildman–Crippen MR) is 83.9 cm³/mol. The van der Waals surface area contributed by atoms with Crippen molar-refractivity contribution in [3.05, 3.63) is 0 Å². The van der Waals surface area contributed by atoms with E-state index >= 15 is 0 Å². The molecule has 0 radical (unpaired) electrons. The van der Waals surface area contributed by atoms with E-state index in [9.17, 15) is 13.2 Å². The lowest BCUT2D eigenvalue weighted by Gasteiger charge is -2.32. The summed E-state index contributed by atoms with van der Waals surface area (Å²) in [6, 6.07) is 0. The van der Waals surface area contributed by atoms with E-state index in [2.05, 4.69) is 5.32 Å². The van der Waals surface area contributed by atoms with Crippen LogP contribution < -0.4 is 11.1 Å². The summed E-state index contributed by atoms with van der Waals surface area (Å²) in [5.41, 5.74) is 5.34. The lowest BCUT2D eigenvalue weighted by molar-refractivity contribution is -0.126. The van der Waals surface area contributed by atoms with Crippen LogP contribution in [0.25, 0.3) is 0 Å². The maximum absolute atomic E-state index is 12.4. The summed E-state index contributed by atoms with van der Waals surface area (Å²) < 4.78 is 31.0. The molecule has 0 saturated carbocycles. The third-order valence-corrected chi connectivity index (χ3v) is 5.67. The first-order valence-electron chi connectivity index (χ1n) is 6.89. The first kappa shape index (κ1) is 20.6. The van der Waals surface area contributed by atoms with E-state index in [-0.39, 0.29) is 37.4 Å². The molecule has 1 rings (SSSR count). The lowest BCUT2D eigenvalue weighted by atomic mass is 9.99. The van der Waals surface area contributed by atoms with Gasteiger partial charge in [0.15, 0.2) is 0 Å². The molecule has 0 spiro atoms. The van der Waals surface area contributed by atoms with E-state index in [0.717, 1.165) is 0 Å². The Morgan fingerprint density at radius 2 is 2.19 bits per heavy atom. The van der Waals surface area contributed by atoms with Crippen LogP contribution >= 0.6 is 12.4 Å². The van der Waals surface area contributed by atoms with Gasteiger partial charge in [0, 0.05) is 33.3 Å². The number of methoxy groups -OCH3 is 1. The number of nitrogens with zero attached hydrogens (tertiary/aromatic N) is 1. The van der Waals surface area contributed by atoms with E-state index in [4.69, 9.17) is 10.5 Å². The number of ether oxygens (including phenoxy) is 1. The van der Waals surface area contributed by atoms with Gasteiger partial charge in [-0.15, -0.1) is 12.4 Å². The molecule has 0 aromatic carbocycles. The second-order valence-electron chi connectivity index (χ2n) is 5.09. The summed E-state index contributed by atoms with van der Waals surface area (Å²) in [5.74, 6) is -0.408. The zero-order chi connectivity index (χ0) is 15.2. The van der Waals surface area contributed by atoms with Gasteiger partial charge in [0.05, 0.1) is 17.8 Å². The molecule has 2 atom stereocenters. The van der Waals surface area contributed by atoms with Crippen LogP contribution in [0.4, 0.5) is 0 Å². The molecule has 1 saturated heterocycles. The second kappa shape index (κ2) is 9.58. The minimum absolute atomic E-state index is 0. The number of hydrogen-bond acceptors (Lipinski definition) is 5. The first-order chi connectivity index (χ1) is 9.43. The summed E-state index contributed by atoms with van der Waals surface area (Å²) in [4.78, 5) is 11.9. The minimum atomic E-state index is -3.41. The fourth-order valence-corrected chi connectivity index (χ4v) is 3.89. The Bertz CT molecular complexity index is 419. The molecule has 1 aliphatic rings. The highest BCUT2D eigenvalue weighted by Gasteiger charge is 2.35. The molecule has 2 unspecified atom stereocenters. The molecule has 1 heterocycles. The van der Waals surface area contributed by atoms with Crippen molar-refractivity contribution < 1.29 is 17.9 Å². The number of amides is 1. The van der Waals surface area contributed by atoms with Gasteiger partial charge in [-0.05, 0) is 19.8 Å². The molecule has 0 bridgehead atoms. The molecule has 21 heavy (non-hydrogen) atoms. The Morgan fingerprint density at radius 3 is 2.76 bits per heavy atom. The molecular formula is C12H26ClN3O4S. The van der Waals surface area contributed by atoms with Gasteiger partial charge in [-0.25, -0.2) is 12.7 Å². The van der Waals surface area contributed by atoms with Gasteiger partial charge in [0.1, 0.15) is 0 Å². The van der Waals surface area contributed by atoms with E-state index in [1.54, 1.807) is 6.92 Å². The molecule has 126 valence electrons. The molecule has 1 fully saturated rings. The molecule has 0 aromatic rings. The van der Waals surface area contributed by atoms with Crippen LogP contribution in [0.15, 0.2) is 0 Å². The van der Waals surface area contributed by atoms with Crippen molar-refractivity contribution in [3.8, 4) is 0 Å². The van der Waals surface area contributed by atoms with E-state index in [1.165, 1.54) is 11.4 Å². The zero-order valence-corrected chi connectivity index (χ0v) is 14.2. The van der Waals surface area contributed by atoms with E-state index in [0.29, 0.717) is 32.5 Å². The highest BCUT2D eigenvalue weighted by atomic mass is 35.5. The fraction of sp³-hybridized carbons (Fsp3) is 0.917. The van der Waals surface area contributed by atoms with Crippen molar-refractivity contribution >= 4 is 28.3 Å². The number of nitrogens with two attached hydrogens (primary N) is 1. The van der Waals surface area contributed by atoms with Crippen molar-refractivity contribution in [2.45, 2.75) is 25.0 Å². The van der Waals surface area contributed by atoms with Crippen LogP contribution in [0.2, 0.25) is 0 Å². The Kier molecular flexibility index (Phi) is 9.39. The number of carbonyl (C=O) groups is 1. The molecule has 7 nitrogen and oxygen atoms in total. The number of piperidine rings is 1. The van der Waals surface area contributed by atoms with Gasteiger partial charge >= 0.3 is 0 Å². The minimum Gasteiger partial charge on any atom is -0.383 e. The van der Waals surface area contributed by atoms with Crippen LogP contribution in [0.3, 0.4) is 0 Å². The predicted octanol–water partition coefficient (Wildman–Crippen LogP) is -0.440. The van der Waals surface area contributed by atoms with E-state index < -0.39 is 15.3 Å². The average molecular weight is 344 g/mol. The first-order valence-corrected chi connectivity index (χ1v) is 8.39. The highest BCUT2D eigenvalue weighted by molar-refractivity contribution is 7.89. The number of sulfonamides is 1. The van der Waals surface area contributed by atoms with Gasteiger partial charge in [-0.3, -0.25) is 4.79 Å². The summed E-state index contributed by atoms with van der Waals surface area (Å²) in [6.45, 7) is 3.29. The highest BCUT2D eigenvalue weighted by Crippen LogP contribution is 2.21. The molecule has 1 aliphatic heterocycles. The number of hydrogen-bond donors (Lipinski definition) is 2. The number of halogens is 1. The molecular weight excluding hydrogens is 318 g/mol. The summed E-state index contributed by atoms with van der Waals surface area (Å²) in [7, 11) is -1.93. The lowest BCUT2D eigenvalue weighted by Crippen LogP contribution is -2.48. The van der Waals surface area contributed by atoms with Crippen LogP contribution in [0, 0.1) is 5.92 Å². The number of carbonyl (C=O) groups excluding carboxylic acids is 1. The topological polar surface area (TPSA) is 102 Å². The second-order valence-corrected chi connectivity index (χ2v) is 7.44. The fourth-order valence-electron chi connectivity index (χ4n) is 2.30. The standard InChI is InChI=1S/C12H25N3O4S.ClH/c1-10(9-19-2)20(17,18)15-7-3-4-11(8-15)12(16)14-6-5-13;/h10-11H,3-9,13H2,1-2H3,(H,14,16);1H. The van der Waals surface area contributed by atoms with Crippen LogP contribution in [-0.4, -0.2) is 63.8 Å². The van der Waals surface area contributed by atoms with Crippen LogP contribution in [0.5, 0.6) is 0 Å². The molecule has 1 amide bonds. The van der Waals surface area contributed by atoms with Crippen molar-refractivity contribution in [2.75, 3.05) is 39.9 Å². The largest absolute Gasteiger partial charge is 0.383 e. The SMILES string of the molecule is COCC(C)S(=O)(=O)N1CCCC(C(=O)NCCN)C1.Cl. The Hall–Kier alpha value is -0.410. The Labute approximate surface area is 133 Å². The van der Waals surface area contributed by atoms with Crippen molar-refractivity contribution in [1.82, 2.24) is 9.62 Å². The Morgan fingerprint density at radius 1 is 1.52 bits per heavy atom. The quantitative estimate of drug-likeness (QED) is 0.652. The maximum Gasteiger partial charge on any atom is 0.224 e. The smallest absolute Gasteiger partial charge is 0.224 e. The van der Waals surface area contributed by atoms with Crippen LogP contribution in [-0.2, 0) is 19.6 Å². The maximum atomic E-state index is 12.4. The summed E-state index contributed by atoms with van der Waals surface area (Å²) in [5, 5.41) is 2.12. The normalized spacial score (nSPS) is 21.4. The molecule has 0 aromatic heterocycles. The third-order valence-electron chi connectivity index (χ3n) is 3.47. The zero-order valence-electron chi connectivity index (χ0n) is 12.6. The van der Waals surface area contributed by atoms with Gasteiger partial charge in [0.25, 0.3) is 0 Å². The number of nitrogens with one attached hydrogen (secondary N) is 1. The van der Waals surface area contributed by atoms with Crippen molar-refractivity contribution in [3.63, 3.8) is 0 Å². The summed E-state index contributed by atoms with van der Waals surface area (Å²) in [6.07, 6.45) is 1.40. The summed E-state index contributed by atoms with van der Waals surface area (Å²) >= 11 is 0. The third kappa shape index (κ3) is 5.71. The van der Waals surface area contributed by atoms with Gasteiger partial charge in [0.2, 0.25) is 15.9 Å². The monoisotopic (exact) mass is 343 g/mol. The van der Waals surface area contributed by atoms with Gasteiger partial charge in [-0.2, -0.15) is 0 Å². The molecule has 9 heteroatoms. The molecule has 3 N–H and O–H groups in total. The van der Waals surface area contributed by atoms with Crippen LogP contribution in [0.1, 0.15) is 19.8 Å². The van der Waals surface area contributed by atoms with Gasteiger partial charge < -0.3 is 15.8 Å². The van der Waals surface area contributed by atoms with Gasteiger partial charge in [-0.1, -0.05) is 0 Å². The number of rotatable bonds is 7. The molecule has 0 aliphatic carbocycles. The van der Waals surface area contributed by atoms with E-state index in [1.807, 2.05) is 0 Å². The van der Waals surface area contributed by atoms with Crippen molar-refractivity contribution in [1.29, 1.82) is 0 Å². The Balaban J connectivity index is 0.00000400.